The summed E-state index contributed by atoms with van der Waals surface area (Å²) in [6, 6.07) is 8.07. The lowest BCUT2D eigenvalue weighted by molar-refractivity contribution is -0.114. The molecule has 0 atom stereocenters. The van der Waals surface area contributed by atoms with Gasteiger partial charge in [0.2, 0.25) is 5.17 Å². The van der Waals surface area contributed by atoms with Crippen molar-refractivity contribution in [2.75, 3.05) is 13.1 Å². The molecule has 6 nitrogen and oxygen atoms in total. The lowest BCUT2D eigenvalue weighted by Gasteiger charge is -2.30. The standard InChI is InChI=1S/C21H25N5OS/c1-13(2)16-6-4-15(5-7-16)12-17-18(22)26-20(23-19(17)27)28-21(24-26)25-10-8-14(3)9-11-25/h4-7,12-14,22H,8-11H2,1-3H3/b17-12-,22-18?. The first kappa shape index (κ1) is 18.9. The van der Waals surface area contributed by atoms with Crippen molar-refractivity contribution in [2.45, 2.75) is 39.5 Å². The monoisotopic (exact) mass is 395 g/mol. The summed E-state index contributed by atoms with van der Waals surface area (Å²) in [5.74, 6) is 0.909. The number of amidine groups is 3. The molecule has 1 fully saturated rings. The summed E-state index contributed by atoms with van der Waals surface area (Å²) >= 11 is 1.39. The molecule has 7 heteroatoms. The third-order valence-electron chi connectivity index (χ3n) is 5.41. The molecule has 4 rings (SSSR count). The highest BCUT2D eigenvalue weighted by Gasteiger charge is 2.37. The maximum absolute atomic E-state index is 12.6. The normalized spacial score (nSPS) is 22.1. The predicted octanol–water partition coefficient (Wildman–Crippen LogP) is 4.12. The molecule has 0 bridgehead atoms. The average Bonchev–Trinajstić information content (AvgIpc) is 3.10. The van der Waals surface area contributed by atoms with Crippen LogP contribution in [0.15, 0.2) is 39.9 Å². The molecule has 1 saturated heterocycles. The van der Waals surface area contributed by atoms with Crippen LogP contribution in [0.3, 0.4) is 0 Å². The number of carbonyl (C=O) groups excluding carboxylic acids is 1. The van der Waals surface area contributed by atoms with Crippen LogP contribution in [0.2, 0.25) is 0 Å². The molecule has 3 aliphatic heterocycles. The number of nitrogens with one attached hydrogen (secondary N) is 1. The number of rotatable bonds is 2. The number of carbonyl (C=O) groups is 1. The van der Waals surface area contributed by atoms with Crippen molar-refractivity contribution in [3.8, 4) is 0 Å². The molecule has 0 unspecified atom stereocenters. The molecule has 146 valence electrons. The van der Waals surface area contributed by atoms with Gasteiger partial charge in [-0.2, -0.15) is 10.0 Å². The first-order valence-corrected chi connectivity index (χ1v) is 10.6. The highest BCUT2D eigenvalue weighted by molar-refractivity contribution is 8.26. The minimum Gasteiger partial charge on any atom is -0.349 e. The molecular weight excluding hydrogens is 370 g/mol. The quantitative estimate of drug-likeness (QED) is 0.765. The Morgan fingerprint density at radius 3 is 2.50 bits per heavy atom. The Labute approximate surface area is 169 Å². The van der Waals surface area contributed by atoms with Gasteiger partial charge in [0.05, 0.1) is 5.57 Å². The minimum atomic E-state index is -0.375. The summed E-state index contributed by atoms with van der Waals surface area (Å²) in [5.41, 5.74) is 2.41. The summed E-state index contributed by atoms with van der Waals surface area (Å²) in [5, 5.41) is 15.9. The molecule has 1 aromatic carbocycles. The van der Waals surface area contributed by atoms with Crippen LogP contribution < -0.4 is 0 Å². The minimum absolute atomic E-state index is 0.0933. The van der Waals surface area contributed by atoms with Crippen molar-refractivity contribution in [1.82, 2.24) is 9.91 Å². The van der Waals surface area contributed by atoms with Gasteiger partial charge in [-0.25, -0.2) is 0 Å². The maximum atomic E-state index is 12.6. The van der Waals surface area contributed by atoms with Gasteiger partial charge in [-0.3, -0.25) is 10.2 Å². The Morgan fingerprint density at radius 2 is 1.86 bits per heavy atom. The van der Waals surface area contributed by atoms with E-state index < -0.39 is 0 Å². The smallest absolute Gasteiger partial charge is 0.283 e. The van der Waals surface area contributed by atoms with E-state index in [1.165, 1.54) is 22.3 Å². The SMILES string of the molecule is CC1CCN(C2=NN3C(=N)/C(=C/c4ccc(C(C)C)cc4)C(=O)N=C3S2)CC1. The average molecular weight is 396 g/mol. The van der Waals surface area contributed by atoms with E-state index in [1.54, 1.807) is 6.08 Å². The number of benzene rings is 1. The number of likely N-dealkylation sites (tertiary alicyclic amines) is 1. The van der Waals surface area contributed by atoms with E-state index in [0.29, 0.717) is 11.1 Å². The fourth-order valence-corrected chi connectivity index (χ4v) is 4.40. The zero-order valence-electron chi connectivity index (χ0n) is 16.5. The number of aliphatic imine (C=N–C) groups is 1. The van der Waals surface area contributed by atoms with Crippen molar-refractivity contribution in [2.24, 2.45) is 16.0 Å². The fourth-order valence-electron chi connectivity index (χ4n) is 3.45. The molecule has 0 saturated carbocycles. The second-order valence-corrected chi connectivity index (χ2v) is 8.83. The molecule has 0 spiro atoms. The van der Waals surface area contributed by atoms with E-state index in [9.17, 15) is 4.79 Å². The summed E-state index contributed by atoms with van der Waals surface area (Å²) in [6.45, 7) is 8.48. The maximum Gasteiger partial charge on any atom is 0.283 e. The van der Waals surface area contributed by atoms with Gasteiger partial charge in [0, 0.05) is 13.1 Å². The molecular formula is C21H25N5OS. The van der Waals surface area contributed by atoms with Crippen molar-refractivity contribution in [3.05, 3.63) is 41.0 Å². The van der Waals surface area contributed by atoms with Crippen LogP contribution in [0.25, 0.3) is 6.08 Å². The number of thioether (sulfide) groups is 1. The van der Waals surface area contributed by atoms with E-state index in [0.717, 1.165) is 42.6 Å². The van der Waals surface area contributed by atoms with Gasteiger partial charge < -0.3 is 4.90 Å². The first-order valence-electron chi connectivity index (χ1n) is 9.77. The van der Waals surface area contributed by atoms with Crippen molar-refractivity contribution in [3.63, 3.8) is 0 Å². The number of hydrogen-bond donors (Lipinski definition) is 1. The zero-order valence-corrected chi connectivity index (χ0v) is 17.3. The summed E-state index contributed by atoms with van der Waals surface area (Å²) < 4.78 is 0. The van der Waals surface area contributed by atoms with Gasteiger partial charge in [-0.05, 0) is 53.6 Å². The van der Waals surface area contributed by atoms with Crippen LogP contribution >= 0.6 is 11.8 Å². The van der Waals surface area contributed by atoms with Crippen LogP contribution in [0.5, 0.6) is 0 Å². The van der Waals surface area contributed by atoms with Gasteiger partial charge in [-0.15, -0.1) is 5.10 Å². The van der Waals surface area contributed by atoms with Gasteiger partial charge in [0.25, 0.3) is 5.91 Å². The molecule has 28 heavy (non-hydrogen) atoms. The van der Waals surface area contributed by atoms with Crippen LogP contribution in [0.4, 0.5) is 0 Å². The van der Waals surface area contributed by atoms with Crippen molar-refractivity contribution < 1.29 is 4.79 Å². The van der Waals surface area contributed by atoms with E-state index in [-0.39, 0.29) is 17.3 Å². The van der Waals surface area contributed by atoms with Gasteiger partial charge in [-0.1, -0.05) is 45.0 Å². The molecule has 0 aromatic heterocycles. The number of hydrazone groups is 1. The third-order valence-corrected chi connectivity index (χ3v) is 6.38. The zero-order chi connectivity index (χ0) is 19.8. The topological polar surface area (TPSA) is 72.1 Å². The highest BCUT2D eigenvalue weighted by Crippen LogP contribution is 2.31. The number of nitrogens with zero attached hydrogens (tertiary/aromatic N) is 4. The Kier molecular flexibility index (Phi) is 5.10. The molecule has 1 amide bonds. The molecule has 0 aliphatic carbocycles. The van der Waals surface area contributed by atoms with E-state index in [4.69, 9.17) is 5.41 Å². The van der Waals surface area contributed by atoms with Gasteiger partial charge >= 0.3 is 0 Å². The molecule has 3 aliphatic rings. The van der Waals surface area contributed by atoms with E-state index in [1.807, 2.05) is 12.1 Å². The van der Waals surface area contributed by atoms with Crippen molar-refractivity contribution >= 4 is 39.9 Å². The van der Waals surface area contributed by atoms with Crippen LogP contribution in [-0.2, 0) is 4.79 Å². The number of hydrogen-bond acceptors (Lipinski definition) is 5. The van der Waals surface area contributed by atoms with Crippen LogP contribution in [-0.4, -0.2) is 45.1 Å². The van der Waals surface area contributed by atoms with Gasteiger partial charge in [0.1, 0.15) is 0 Å². The molecule has 0 radical (unpaired) electrons. The molecule has 1 N–H and O–H groups in total. The number of piperidine rings is 1. The van der Waals surface area contributed by atoms with Gasteiger partial charge in [0.15, 0.2) is 11.0 Å². The second-order valence-electron chi connectivity index (χ2n) is 7.89. The Morgan fingerprint density at radius 1 is 1.18 bits per heavy atom. The first-order chi connectivity index (χ1) is 13.4. The van der Waals surface area contributed by atoms with Crippen LogP contribution in [0, 0.1) is 11.3 Å². The fraction of sp³-hybridized carbons (Fsp3) is 0.429. The highest BCUT2D eigenvalue weighted by atomic mass is 32.2. The Hall–Kier alpha value is -2.41. The van der Waals surface area contributed by atoms with Crippen molar-refractivity contribution in [1.29, 1.82) is 5.41 Å². The lowest BCUT2D eigenvalue weighted by Crippen LogP contribution is -2.36. The number of amides is 1. The second kappa shape index (κ2) is 7.54. The summed E-state index contributed by atoms with van der Waals surface area (Å²) in [4.78, 5) is 19.0. The van der Waals surface area contributed by atoms with E-state index >= 15 is 0 Å². The molecule has 3 heterocycles. The summed E-state index contributed by atoms with van der Waals surface area (Å²) in [7, 11) is 0. The van der Waals surface area contributed by atoms with Crippen LogP contribution in [0.1, 0.15) is 50.7 Å². The Bertz CT molecular complexity index is 892. The third kappa shape index (κ3) is 3.63. The van der Waals surface area contributed by atoms with E-state index in [2.05, 4.69) is 47.9 Å². The summed E-state index contributed by atoms with van der Waals surface area (Å²) in [6.07, 6.45) is 4.01. The predicted molar refractivity (Wildman–Crippen MR) is 116 cm³/mol. The lowest BCUT2D eigenvalue weighted by atomic mass is 10.00. The largest absolute Gasteiger partial charge is 0.349 e. The Balaban J connectivity index is 1.56. The molecule has 1 aromatic rings. The number of fused-ring (bicyclic) bond motifs is 1.